The summed E-state index contributed by atoms with van der Waals surface area (Å²) in [5, 5.41) is 26.5. The largest absolute Gasteiger partial charge is 0.481 e. The van der Waals surface area contributed by atoms with Gasteiger partial charge in [-0.25, -0.2) is 0 Å². The van der Waals surface area contributed by atoms with Crippen LogP contribution in [-0.4, -0.2) is 48.4 Å². The van der Waals surface area contributed by atoms with E-state index in [0.29, 0.717) is 12.8 Å². The molecule has 0 aliphatic carbocycles. The van der Waals surface area contributed by atoms with Crippen molar-refractivity contribution in [3.05, 3.63) is 77.4 Å². The number of hydrogen-bond acceptors (Lipinski definition) is 5. The number of nitrogens with one attached hydrogen (secondary N) is 4. The first kappa shape index (κ1) is 31.9. The van der Waals surface area contributed by atoms with Gasteiger partial charge in [0.05, 0.1) is 6.04 Å². The van der Waals surface area contributed by atoms with Gasteiger partial charge in [-0.05, 0) is 111 Å². The van der Waals surface area contributed by atoms with E-state index in [0.717, 1.165) is 71.9 Å². The van der Waals surface area contributed by atoms with Gasteiger partial charge in [-0.2, -0.15) is 25.3 Å². The molecule has 0 unspecified atom stereocenters. The van der Waals surface area contributed by atoms with Crippen molar-refractivity contribution in [2.45, 2.75) is 83.8 Å². The zero-order valence-corrected chi connectivity index (χ0v) is 27.8. The van der Waals surface area contributed by atoms with Gasteiger partial charge in [-0.15, -0.1) is 0 Å². The highest BCUT2D eigenvalue weighted by atomic mass is 32.1. The highest BCUT2D eigenvalue weighted by Gasteiger charge is 2.31. The molecule has 0 fully saturated rings. The Hall–Kier alpha value is -3.50. The zero-order chi connectivity index (χ0) is 32.0. The van der Waals surface area contributed by atoms with Crippen LogP contribution in [0.15, 0.2) is 11.3 Å². The number of hydrogen-bond donors (Lipinski definition) is 8. The van der Waals surface area contributed by atoms with Gasteiger partial charge in [-0.1, -0.05) is 6.92 Å². The normalized spacial score (nSPS) is 22.0. The average molecular weight is 635 g/mol. The quantitative estimate of drug-likeness (QED) is 0.181. The zero-order valence-electron chi connectivity index (χ0n) is 26.1. The van der Waals surface area contributed by atoms with Crippen molar-refractivity contribution < 1.29 is 19.8 Å². The average Bonchev–Trinajstić information content (AvgIpc) is 3.59. The molecule has 0 amide bonds. The molecule has 0 spiro atoms. The molecular weight excluding hydrogens is 593 g/mol. The van der Waals surface area contributed by atoms with E-state index >= 15 is 0 Å². The van der Waals surface area contributed by atoms with Gasteiger partial charge in [0.15, 0.2) is 0 Å². The Morgan fingerprint density at radius 1 is 0.773 bits per heavy atom. The first-order chi connectivity index (χ1) is 20.8. The van der Waals surface area contributed by atoms with Gasteiger partial charge < -0.3 is 30.5 Å². The number of rotatable bonds is 8. The van der Waals surface area contributed by atoms with Gasteiger partial charge >= 0.3 is 11.9 Å². The van der Waals surface area contributed by atoms with Gasteiger partial charge in [0.25, 0.3) is 0 Å². The Morgan fingerprint density at radius 2 is 1.36 bits per heavy atom. The monoisotopic (exact) mass is 634 g/mol. The van der Waals surface area contributed by atoms with Crippen LogP contribution in [0, 0.1) is 26.7 Å². The fourth-order valence-electron chi connectivity index (χ4n) is 6.82. The predicted molar refractivity (Wildman–Crippen MR) is 182 cm³/mol. The summed E-state index contributed by atoms with van der Waals surface area (Å²) in [5.74, 6) is -1.53. The van der Waals surface area contributed by atoms with Crippen LogP contribution in [0.2, 0.25) is 0 Å². The van der Waals surface area contributed by atoms with E-state index in [4.69, 9.17) is 25.3 Å². The van der Waals surface area contributed by atoms with Crippen LogP contribution < -0.4 is 26.7 Å². The van der Waals surface area contributed by atoms with Crippen LogP contribution >= 0.6 is 25.3 Å². The molecule has 4 atom stereocenters. The minimum Gasteiger partial charge on any atom is -0.481 e. The van der Waals surface area contributed by atoms with E-state index in [1.165, 1.54) is 5.57 Å². The van der Waals surface area contributed by atoms with E-state index < -0.39 is 11.9 Å². The van der Waals surface area contributed by atoms with Crippen molar-refractivity contribution >= 4 is 61.5 Å². The second kappa shape index (κ2) is 12.5. The van der Waals surface area contributed by atoms with Crippen molar-refractivity contribution in [1.29, 1.82) is 0 Å². The summed E-state index contributed by atoms with van der Waals surface area (Å²) in [6.07, 6.45) is 9.20. The summed E-state index contributed by atoms with van der Waals surface area (Å²) < 4.78 is 0. The molecule has 0 saturated heterocycles. The Morgan fingerprint density at radius 3 is 1.98 bits per heavy atom. The molecule has 0 saturated carbocycles. The molecule has 0 aromatic carbocycles. The van der Waals surface area contributed by atoms with E-state index in [1.807, 2.05) is 19.9 Å². The number of aromatic nitrogens is 3. The lowest BCUT2D eigenvalue weighted by Crippen LogP contribution is -2.29. The third-order valence-corrected chi connectivity index (χ3v) is 9.73. The molecule has 2 aliphatic heterocycles. The molecule has 5 heterocycles. The first-order valence-corrected chi connectivity index (χ1v) is 16.1. The lowest BCUT2D eigenvalue weighted by molar-refractivity contribution is -0.138. The molecule has 5 rings (SSSR count). The minimum atomic E-state index is -0.859. The molecule has 3 aromatic heterocycles. The molecule has 0 radical (unpaired) electrons. The molecule has 8 bridgehead atoms. The highest BCUT2D eigenvalue weighted by molar-refractivity contribution is 7.81. The maximum Gasteiger partial charge on any atom is 0.303 e. The van der Waals surface area contributed by atoms with Gasteiger partial charge in [-0.3, -0.25) is 9.59 Å². The van der Waals surface area contributed by atoms with Crippen LogP contribution in [-0.2, 0) is 22.4 Å². The maximum absolute atomic E-state index is 11.6. The highest BCUT2D eigenvalue weighted by Crippen LogP contribution is 2.32. The fourth-order valence-corrected chi connectivity index (χ4v) is 7.53. The standard InChI is InChI=1S/C34H42N4O4S2/c1-15-21(7-9-31(39)40)27-14-28-22(8-10-32(41)42)16(2)24(36-28)12-29-34(20(6)44)18(4)26(38-29)13-30-33(19(5)43)17(3)25(37-30)11-23(15)35-27/h11-14,18-20,26,35-38,43-44H,7-10H2,1-6H3,(H,39,40)(H,41,42)/b24-12-,25-11-,28-14-,30-13-/t18-,19+,20-,26-/m1/s1. The maximum atomic E-state index is 11.6. The Kier molecular flexibility index (Phi) is 9.05. The summed E-state index contributed by atoms with van der Waals surface area (Å²) in [6.45, 7) is 12.5. The smallest absolute Gasteiger partial charge is 0.303 e. The van der Waals surface area contributed by atoms with Crippen molar-refractivity contribution in [3.63, 3.8) is 0 Å². The van der Waals surface area contributed by atoms with Gasteiger partial charge in [0.2, 0.25) is 0 Å². The number of allylic oxidation sites excluding steroid dienone is 1. The van der Waals surface area contributed by atoms with Crippen molar-refractivity contribution in [2.24, 2.45) is 5.92 Å². The third kappa shape index (κ3) is 6.06. The summed E-state index contributed by atoms with van der Waals surface area (Å²) in [5.41, 5.74) is 9.99. The minimum absolute atomic E-state index is 0.000331. The molecule has 3 aromatic rings. The van der Waals surface area contributed by atoms with Crippen molar-refractivity contribution in [3.8, 4) is 0 Å². The molecule has 10 heteroatoms. The molecule has 234 valence electrons. The Balaban J connectivity index is 1.89. The molecule has 6 N–H and O–H groups in total. The number of thiol groups is 2. The summed E-state index contributed by atoms with van der Waals surface area (Å²) in [4.78, 5) is 34.0. The summed E-state index contributed by atoms with van der Waals surface area (Å²) >= 11 is 9.71. The summed E-state index contributed by atoms with van der Waals surface area (Å²) in [6, 6.07) is 0.0183. The number of carboxylic acid groups (broad SMARTS) is 2. The Bertz CT molecular complexity index is 1920. The first-order valence-electron chi connectivity index (χ1n) is 15.1. The van der Waals surface area contributed by atoms with Crippen LogP contribution in [0.1, 0.15) is 83.6 Å². The van der Waals surface area contributed by atoms with Crippen molar-refractivity contribution in [1.82, 2.24) is 20.3 Å². The van der Waals surface area contributed by atoms with E-state index in [1.54, 1.807) is 0 Å². The summed E-state index contributed by atoms with van der Waals surface area (Å²) in [7, 11) is 0. The number of carboxylic acids is 2. The number of fused-ring (bicyclic) bond motifs is 8. The van der Waals surface area contributed by atoms with E-state index in [2.05, 4.69) is 66.2 Å². The lowest BCUT2D eigenvalue weighted by atomic mass is 9.93. The van der Waals surface area contributed by atoms with Gasteiger partial charge in [0, 0.05) is 67.7 Å². The predicted octanol–water partition coefficient (Wildman–Crippen LogP) is 3.03. The Labute approximate surface area is 268 Å². The van der Waals surface area contributed by atoms with Crippen LogP contribution in [0.4, 0.5) is 0 Å². The topological polar surface area (TPSA) is 134 Å². The fraction of sp³-hybridized carbons (Fsp3) is 0.412. The number of H-pyrrole nitrogens is 3. The molecule has 8 nitrogen and oxygen atoms in total. The number of aromatic amines is 3. The molecular formula is C34H42N4O4S2. The van der Waals surface area contributed by atoms with Gasteiger partial charge in [0.1, 0.15) is 0 Å². The van der Waals surface area contributed by atoms with Crippen LogP contribution in [0.25, 0.3) is 24.3 Å². The molecule has 2 aliphatic rings. The SMILES string of the molecule is Cc1c2[nH]c(c1CCC(=O)O)/C=c1\[nH]/c(c(C)c1CCC(=O)O)=C\C1=C([C@@H](C)S)[C@H](C)[C@@H](/C=c3\[nH]/c(c(C)c3[C@H](C)S)=C\2)N1. The van der Waals surface area contributed by atoms with Crippen LogP contribution in [0.3, 0.4) is 0 Å². The third-order valence-electron chi connectivity index (χ3n) is 9.19. The second-order valence-electron chi connectivity index (χ2n) is 12.2. The van der Waals surface area contributed by atoms with E-state index in [-0.39, 0.29) is 35.3 Å². The van der Waals surface area contributed by atoms with E-state index in [9.17, 15) is 19.8 Å². The number of aliphatic carboxylic acids is 2. The van der Waals surface area contributed by atoms with Crippen molar-refractivity contribution in [2.75, 3.05) is 0 Å². The second-order valence-corrected chi connectivity index (χ2v) is 13.7. The number of carbonyl (C=O) groups is 2. The lowest BCUT2D eigenvalue weighted by Gasteiger charge is -2.17. The van der Waals surface area contributed by atoms with Crippen LogP contribution in [0.5, 0.6) is 0 Å². The molecule has 44 heavy (non-hydrogen) atoms.